The van der Waals surface area contributed by atoms with Crippen molar-refractivity contribution in [2.24, 2.45) is 0 Å². The Bertz CT molecular complexity index is 749. The number of amides is 1. The first-order chi connectivity index (χ1) is 11.3. The normalized spacial score (nSPS) is 11.7. The molecule has 2 aromatic rings. The van der Waals surface area contributed by atoms with E-state index in [4.69, 9.17) is 25.6 Å². The molecule has 24 heavy (non-hydrogen) atoms. The van der Waals surface area contributed by atoms with E-state index in [9.17, 15) is 14.0 Å². The van der Waals surface area contributed by atoms with E-state index >= 15 is 0 Å². The zero-order valence-corrected chi connectivity index (χ0v) is 13.6. The summed E-state index contributed by atoms with van der Waals surface area (Å²) >= 11 is 5.81. The molecule has 0 aliphatic carbocycles. The monoisotopic (exact) mass is 356 g/mol. The Morgan fingerprint density at radius 1 is 1.42 bits per heavy atom. The largest absolute Gasteiger partial charge is 0.463 e. The van der Waals surface area contributed by atoms with Gasteiger partial charge in [0.1, 0.15) is 11.6 Å². The molecule has 0 fully saturated rings. The molecule has 1 amide bonds. The van der Waals surface area contributed by atoms with Crippen molar-refractivity contribution in [1.29, 1.82) is 0 Å². The number of aromatic nitrogens is 1. The lowest BCUT2D eigenvalue weighted by atomic mass is 10.3. The average molecular weight is 357 g/mol. The molecule has 0 saturated carbocycles. The van der Waals surface area contributed by atoms with Gasteiger partial charge in [0.05, 0.1) is 10.7 Å². The quantitative estimate of drug-likeness (QED) is 0.800. The van der Waals surface area contributed by atoms with Crippen LogP contribution >= 0.6 is 11.6 Å². The van der Waals surface area contributed by atoms with E-state index in [1.54, 1.807) is 6.92 Å². The molecule has 7 nitrogen and oxygen atoms in total. The van der Waals surface area contributed by atoms with Crippen molar-refractivity contribution in [3.8, 4) is 5.88 Å². The van der Waals surface area contributed by atoms with E-state index in [1.165, 1.54) is 19.1 Å². The van der Waals surface area contributed by atoms with Crippen molar-refractivity contribution in [1.82, 2.24) is 5.16 Å². The van der Waals surface area contributed by atoms with E-state index in [0.29, 0.717) is 5.76 Å². The molecule has 0 saturated heterocycles. The van der Waals surface area contributed by atoms with Crippen LogP contribution in [0.1, 0.15) is 12.7 Å². The third-order valence-electron chi connectivity index (χ3n) is 2.81. The third-order valence-corrected chi connectivity index (χ3v) is 3.12. The van der Waals surface area contributed by atoms with Crippen molar-refractivity contribution >= 4 is 29.2 Å². The van der Waals surface area contributed by atoms with Crippen LogP contribution in [0, 0.1) is 12.7 Å². The highest BCUT2D eigenvalue weighted by Gasteiger charge is 2.19. The highest BCUT2D eigenvalue weighted by molar-refractivity contribution is 6.33. The fourth-order valence-corrected chi connectivity index (χ4v) is 1.87. The summed E-state index contributed by atoms with van der Waals surface area (Å²) in [5.41, 5.74) is 0.209. The van der Waals surface area contributed by atoms with Gasteiger partial charge in [-0.1, -0.05) is 11.6 Å². The number of nitrogens with one attached hydrogen (secondary N) is 1. The molecule has 1 heterocycles. The molecule has 1 N–H and O–H groups in total. The fraction of sp³-hybridized carbons (Fsp3) is 0.267. The van der Waals surface area contributed by atoms with Crippen molar-refractivity contribution in [3.63, 3.8) is 0 Å². The molecule has 9 heteroatoms. The van der Waals surface area contributed by atoms with Gasteiger partial charge in [-0.05, 0) is 37.2 Å². The lowest BCUT2D eigenvalue weighted by molar-refractivity contribution is -0.155. The van der Waals surface area contributed by atoms with Gasteiger partial charge >= 0.3 is 5.97 Å². The van der Waals surface area contributed by atoms with Gasteiger partial charge in [0.25, 0.3) is 11.8 Å². The van der Waals surface area contributed by atoms with E-state index in [1.807, 2.05) is 0 Å². The highest BCUT2D eigenvalue weighted by Crippen LogP contribution is 2.22. The molecule has 1 atom stereocenters. The number of hydrogen-bond acceptors (Lipinski definition) is 6. The molecular formula is C15H14ClFN2O5. The molecular weight excluding hydrogens is 343 g/mol. The van der Waals surface area contributed by atoms with Crippen molar-refractivity contribution in [3.05, 3.63) is 40.9 Å². The topological polar surface area (TPSA) is 90.7 Å². The van der Waals surface area contributed by atoms with Crippen LogP contribution in [-0.4, -0.2) is 29.7 Å². The molecule has 1 aromatic carbocycles. The minimum absolute atomic E-state index is 0.0339. The second-order valence-electron chi connectivity index (χ2n) is 4.81. The van der Waals surface area contributed by atoms with Gasteiger partial charge < -0.3 is 19.3 Å². The Balaban J connectivity index is 1.83. The fourth-order valence-electron chi connectivity index (χ4n) is 1.65. The third kappa shape index (κ3) is 4.95. The summed E-state index contributed by atoms with van der Waals surface area (Å²) in [6.45, 7) is 2.62. The first-order valence-corrected chi connectivity index (χ1v) is 7.24. The summed E-state index contributed by atoms with van der Waals surface area (Å²) in [5, 5.41) is 6.02. The minimum Gasteiger partial charge on any atom is -0.463 e. The maximum Gasteiger partial charge on any atom is 0.345 e. The smallest absolute Gasteiger partial charge is 0.345 e. The standard InChI is InChI=1S/C15H14ClFN2O5/c1-8-5-13(19-24-8)22-7-14(20)23-9(2)15(21)18-12-4-3-10(17)6-11(12)16/h3-6,9H,7H2,1-2H3,(H,18,21)/t9-/m0/s1. The maximum atomic E-state index is 12.9. The number of ether oxygens (including phenoxy) is 2. The first-order valence-electron chi connectivity index (χ1n) is 6.86. The van der Waals surface area contributed by atoms with E-state index < -0.39 is 30.4 Å². The molecule has 0 aliphatic rings. The van der Waals surface area contributed by atoms with Gasteiger partial charge in [0, 0.05) is 6.07 Å². The summed E-state index contributed by atoms with van der Waals surface area (Å²) < 4.78 is 27.7. The highest BCUT2D eigenvalue weighted by atomic mass is 35.5. The summed E-state index contributed by atoms with van der Waals surface area (Å²) in [4.78, 5) is 23.6. The van der Waals surface area contributed by atoms with Crippen LogP contribution in [0.2, 0.25) is 5.02 Å². The summed E-state index contributed by atoms with van der Waals surface area (Å²) in [7, 11) is 0. The first kappa shape index (κ1) is 17.7. The number of halogens is 2. The summed E-state index contributed by atoms with van der Waals surface area (Å²) in [6.07, 6.45) is -1.10. The average Bonchev–Trinajstić information content (AvgIpc) is 2.93. The number of anilines is 1. The Labute approximate surface area is 141 Å². The van der Waals surface area contributed by atoms with Crippen molar-refractivity contribution in [2.45, 2.75) is 20.0 Å². The summed E-state index contributed by atoms with van der Waals surface area (Å²) in [5.74, 6) is -1.24. The van der Waals surface area contributed by atoms with E-state index in [2.05, 4.69) is 10.5 Å². The Morgan fingerprint density at radius 3 is 2.79 bits per heavy atom. The number of esters is 1. The van der Waals surface area contributed by atoms with Crippen LogP contribution in [0.25, 0.3) is 0 Å². The summed E-state index contributed by atoms with van der Waals surface area (Å²) in [6, 6.07) is 5.01. The van der Waals surface area contributed by atoms with Crippen LogP contribution in [0.4, 0.5) is 10.1 Å². The molecule has 2 rings (SSSR count). The van der Waals surface area contributed by atoms with E-state index in [-0.39, 0.29) is 16.6 Å². The number of rotatable bonds is 6. The molecule has 128 valence electrons. The predicted octanol–water partition coefficient (Wildman–Crippen LogP) is 2.72. The van der Waals surface area contributed by atoms with Crippen LogP contribution in [-0.2, 0) is 14.3 Å². The van der Waals surface area contributed by atoms with Crippen LogP contribution in [0.15, 0.2) is 28.8 Å². The van der Waals surface area contributed by atoms with Gasteiger partial charge in [-0.2, -0.15) is 0 Å². The Kier molecular flexibility index (Phi) is 5.75. The van der Waals surface area contributed by atoms with Crippen LogP contribution < -0.4 is 10.1 Å². The Morgan fingerprint density at radius 2 is 2.17 bits per heavy atom. The molecule has 1 aromatic heterocycles. The molecule has 0 bridgehead atoms. The lowest BCUT2D eigenvalue weighted by Crippen LogP contribution is -2.31. The van der Waals surface area contributed by atoms with Crippen LogP contribution in [0.3, 0.4) is 0 Å². The second-order valence-corrected chi connectivity index (χ2v) is 5.22. The number of benzene rings is 1. The van der Waals surface area contributed by atoms with Crippen LogP contribution in [0.5, 0.6) is 5.88 Å². The number of carbonyl (C=O) groups is 2. The number of aryl methyl sites for hydroxylation is 1. The molecule has 0 spiro atoms. The molecule has 0 radical (unpaired) electrons. The lowest BCUT2D eigenvalue weighted by Gasteiger charge is -2.14. The van der Waals surface area contributed by atoms with Gasteiger partial charge in [0.15, 0.2) is 12.7 Å². The van der Waals surface area contributed by atoms with Gasteiger partial charge in [-0.3, -0.25) is 4.79 Å². The number of nitrogens with zero attached hydrogens (tertiary/aromatic N) is 1. The number of carbonyl (C=O) groups excluding carboxylic acids is 2. The van der Waals surface area contributed by atoms with Gasteiger partial charge in [0.2, 0.25) is 0 Å². The SMILES string of the molecule is Cc1cc(OCC(=O)O[C@@H](C)C(=O)Nc2ccc(F)cc2Cl)no1. The predicted molar refractivity (Wildman–Crippen MR) is 82.3 cm³/mol. The van der Waals surface area contributed by atoms with Gasteiger partial charge in [-0.25, -0.2) is 9.18 Å². The van der Waals surface area contributed by atoms with Gasteiger partial charge in [-0.15, -0.1) is 0 Å². The van der Waals surface area contributed by atoms with Crippen molar-refractivity contribution < 1.29 is 28.0 Å². The number of hydrogen-bond donors (Lipinski definition) is 1. The zero-order valence-electron chi connectivity index (χ0n) is 12.8. The zero-order chi connectivity index (χ0) is 17.7. The maximum absolute atomic E-state index is 12.9. The second kappa shape index (κ2) is 7.78. The molecule has 0 aliphatic heterocycles. The van der Waals surface area contributed by atoms with Crippen molar-refractivity contribution in [2.75, 3.05) is 11.9 Å². The van der Waals surface area contributed by atoms with E-state index in [0.717, 1.165) is 12.1 Å². The minimum atomic E-state index is -1.10. The molecule has 0 unspecified atom stereocenters. The Hall–Kier alpha value is -2.61.